The second-order valence-corrected chi connectivity index (χ2v) is 9.03. The molecule has 2 unspecified atom stereocenters. The molecule has 0 radical (unpaired) electrons. The van der Waals surface area contributed by atoms with Crippen molar-refractivity contribution >= 4 is 23.2 Å². The predicted molar refractivity (Wildman–Crippen MR) is 118 cm³/mol. The van der Waals surface area contributed by atoms with Crippen molar-refractivity contribution in [2.24, 2.45) is 5.92 Å². The third-order valence-electron chi connectivity index (χ3n) is 5.40. The Bertz CT molecular complexity index is 789. The van der Waals surface area contributed by atoms with Gasteiger partial charge in [0.2, 0.25) is 11.8 Å². The minimum atomic E-state index is -0.296. The number of piperidine rings is 1. The first-order valence-electron chi connectivity index (χ1n) is 10.3. The number of carbonyl (C=O) groups excluding carboxylic acids is 2. The summed E-state index contributed by atoms with van der Waals surface area (Å²) in [5.74, 6) is 0.339. The van der Waals surface area contributed by atoms with E-state index in [1.807, 2.05) is 31.2 Å². The molecule has 156 valence electrons. The minimum Gasteiger partial charge on any atom is -0.356 e. The van der Waals surface area contributed by atoms with Crippen LogP contribution in [0.15, 0.2) is 41.8 Å². The van der Waals surface area contributed by atoms with Gasteiger partial charge in [-0.1, -0.05) is 35.9 Å². The van der Waals surface area contributed by atoms with Crippen molar-refractivity contribution in [1.82, 2.24) is 15.5 Å². The van der Waals surface area contributed by atoms with Crippen molar-refractivity contribution in [2.75, 3.05) is 19.6 Å². The van der Waals surface area contributed by atoms with Gasteiger partial charge in [-0.2, -0.15) is 0 Å². The van der Waals surface area contributed by atoms with Crippen molar-refractivity contribution in [3.63, 3.8) is 0 Å². The van der Waals surface area contributed by atoms with Gasteiger partial charge in [0.25, 0.3) is 0 Å². The zero-order chi connectivity index (χ0) is 20.6. The first-order chi connectivity index (χ1) is 14.0. The molecular formula is C23H31N3O2S. The summed E-state index contributed by atoms with van der Waals surface area (Å²) in [6.07, 6.45) is 2.58. The largest absolute Gasteiger partial charge is 0.356 e. The number of aryl methyl sites for hydroxylation is 1. The van der Waals surface area contributed by atoms with Crippen molar-refractivity contribution in [1.29, 1.82) is 0 Å². The van der Waals surface area contributed by atoms with Crippen LogP contribution in [0.3, 0.4) is 0 Å². The van der Waals surface area contributed by atoms with Gasteiger partial charge in [-0.15, -0.1) is 11.3 Å². The van der Waals surface area contributed by atoms with Crippen LogP contribution < -0.4 is 10.6 Å². The minimum absolute atomic E-state index is 0.0142. The number of hydrogen-bond donors (Lipinski definition) is 2. The van der Waals surface area contributed by atoms with Gasteiger partial charge in [-0.05, 0) is 49.2 Å². The highest BCUT2D eigenvalue weighted by atomic mass is 32.1. The summed E-state index contributed by atoms with van der Waals surface area (Å²) in [6.45, 7) is 7.35. The molecule has 2 N–H and O–H groups in total. The second-order valence-electron chi connectivity index (χ2n) is 7.99. The molecule has 0 spiro atoms. The molecule has 29 heavy (non-hydrogen) atoms. The predicted octanol–water partition coefficient (Wildman–Crippen LogP) is 3.65. The summed E-state index contributed by atoms with van der Waals surface area (Å²) in [5, 5.41) is 8.13. The van der Waals surface area contributed by atoms with E-state index < -0.39 is 0 Å². The molecule has 1 aliphatic heterocycles. The number of amides is 2. The molecule has 1 aromatic carbocycles. The summed E-state index contributed by atoms with van der Waals surface area (Å²) >= 11 is 1.80. The molecule has 2 amide bonds. The highest BCUT2D eigenvalue weighted by Crippen LogP contribution is 2.21. The lowest BCUT2D eigenvalue weighted by molar-refractivity contribution is -0.123. The van der Waals surface area contributed by atoms with E-state index in [0.717, 1.165) is 37.2 Å². The monoisotopic (exact) mass is 413 g/mol. The molecule has 2 heterocycles. The van der Waals surface area contributed by atoms with Gasteiger partial charge in [0, 0.05) is 31.4 Å². The van der Waals surface area contributed by atoms with E-state index in [0.29, 0.717) is 12.5 Å². The van der Waals surface area contributed by atoms with Crippen molar-refractivity contribution in [3.8, 4) is 0 Å². The first-order valence-corrected chi connectivity index (χ1v) is 11.2. The molecule has 1 saturated heterocycles. The SMILES string of the molecule is CC(=O)NC(CC(=O)NCC1CCCN(Cc2cccs2)C1)c1ccc(C)cc1. The summed E-state index contributed by atoms with van der Waals surface area (Å²) in [6, 6.07) is 12.0. The summed E-state index contributed by atoms with van der Waals surface area (Å²) in [4.78, 5) is 28.1. The molecular weight excluding hydrogens is 382 g/mol. The number of nitrogens with zero attached hydrogens (tertiary/aromatic N) is 1. The Morgan fingerprint density at radius 3 is 2.72 bits per heavy atom. The normalized spacial score (nSPS) is 18.2. The molecule has 0 saturated carbocycles. The maximum atomic E-state index is 12.6. The van der Waals surface area contributed by atoms with Gasteiger partial charge in [-0.25, -0.2) is 0 Å². The Balaban J connectivity index is 1.49. The second kappa shape index (κ2) is 10.6. The van der Waals surface area contributed by atoms with Crippen LogP contribution in [-0.2, 0) is 16.1 Å². The molecule has 1 fully saturated rings. The lowest BCUT2D eigenvalue weighted by atomic mass is 9.97. The number of benzene rings is 1. The van der Waals surface area contributed by atoms with E-state index >= 15 is 0 Å². The molecule has 2 atom stereocenters. The first kappa shape index (κ1) is 21.5. The lowest BCUT2D eigenvalue weighted by Crippen LogP contribution is -2.41. The smallest absolute Gasteiger partial charge is 0.222 e. The number of likely N-dealkylation sites (tertiary alicyclic amines) is 1. The number of carbonyl (C=O) groups is 2. The van der Waals surface area contributed by atoms with Crippen LogP contribution in [0.1, 0.15) is 48.2 Å². The fourth-order valence-corrected chi connectivity index (χ4v) is 4.64. The Labute approximate surface area is 177 Å². The third kappa shape index (κ3) is 6.98. The van der Waals surface area contributed by atoms with Crippen LogP contribution in [0.4, 0.5) is 0 Å². The highest BCUT2D eigenvalue weighted by Gasteiger charge is 2.22. The molecule has 5 nitrogen and oxygen atoms in total. The van der Waals surface area contributed by atoms with Crippen molar-refractivity contribution in [2.45, 2.75) is 45.7 Å². The van der Waals surface area contributed by atoms with E-state index in [-0.39, 0.29) is 24.3 Å². The third-order valence-corrected chi connectivity index (χ3v) is 6.26. The summed E-state index contributed by atoms with van der Waals surface area (Å²) in [7, 11) is 0. The van der Waals surface area contributed by atoms with Crippen molar-refractivity contribution in [3.05, 3.63) is 57.8 Å². The van der Waals surface area contributed by atoms with Gasteiger partial charge in [0.1, 0.15) is 0 Å². The maximum Gasteiger partial charge on any atom is 0.222 e. The number of rotatable bonds is 8. The Kier molecular flexibility index (Phi) is 7.83. The molecule has 1 aromatic heterocycles. The zero-order valence-electron chi connectivity index (χ0n) is 17.3. The van der Waals surface area contributed by atoms with Gasteiger partial charge < -0.3 is 10.6 Å². The van der Waals surface area contributed by atoms with E-state index in [4.69, 9.17) is 0 Å². The van der Waals surface area contributed by atoms with Crippen LogP contribution in [0.2, 0.25) is 0 Å². The van der Waals surface area contributed by atoms with Crippen LogP contribution in [0.25, 0.3) is 0 Å². The van der Waals surface area contributed by atoms with Gasteiger partial charge in [0.15, 0.2) is 0 Å². The van der Waals surface area contributed by atoms with Crippen LogP contribution in [0.5, 0.6) is 0 Å². The van der Waals surface area contributed by atoms with Crippen LogP contribution >= 0.6 is 11.3 Å². The quantitative estimate of drug-likeness (QED) is 0.694. The van der Waals surface area contributed by atoms with Gasteiger partial charge in [0.05, 0.1) is 12.5 Å². The zero-order valence-corrected chi connectivity index (χ0v) is 18.1. The standard InChI is InChI=1S/C23H31N3O2S/c1-17-7-9-20(10-8-17)22(25-18(2)27)13-23(28)24-14-19-5-3-11-26(15-19)16-21-6-4-12-29-21/h4,6-10,12,19,22H,3,5,11,13-16H2,1-2H3,(H,24,28)(H,25,27). The van der Waals surface area contributed by atoms with Crippen LogP contribution in [-0.4, -0.2) is 36.3 Å². The van der Waals surface area contributed by atoms with Crippen molar-refractivity contribution < 1.29 is 9.59 Å². The summed E-state index contributed by atoms with van der Waals surface area (Å²) in [5.41, 5.74) is 2.12. The van der Waals surface area contributed by atoms with E-state index in [1.54, 1.807) is 11.3 Å². The Morgan fingerprint density at radius 1 is 1.24 bits per heavy atom. The van der Waals surface area contributed by atoms with Crippen LogP contribution in [0, 0.1) is 12.8 Å². The average Bonchev–Trinajstić information content (AvgIpc) is 3.19. The molecule has 2 aromatic rings. The molecule has 0 bridgehead atoms. The molecule has 6 heteroatoms. The number of thiophene rings is 1. The Hall–Kier alpha value is -2.18. The topological polar surface area (TPSA) is 61.4 Å². The Morgan fingerprint density at radius 2 is 2.03 bits per heavy atom. The van der Waals surface area contributed by atoms with E-state index in [9.17, 15) is 9.59 Å². The van der Waals surface area contributed by atoms with Gasteiger partial charge >= 0.3 is 0 Å². The van der Waals surface area contributed by atoms with E-state index in [2.05, 4.69) is 33.0 Å². The maximum absolute atomic E-state index is 12.6. The fraction of sp³-hybridized carbons (Fsp3) is 0.478. The molecule has 0 aliphatic carbocycles. The lowest BCUT2D eigenvalue weighted by Gasteiger charge is -2.32. The molecule has 3 rings (SSSR count). The van der Waals surface area contributed by atoms with Gasteiger partial charge in [-0.3, -0.25) is 14.5 Å². The molecule has 1 aliphatic rings. The van der Waals surface area contributed by atoms with E-state index in [1.165, 1.54) is 18.2 Å². The summed E-state index contributed by atoms with van der Waals surface area (Å²) < 4.78 is 0. The number of nitrogens with one attached hydrogen (secondary N) is 2. The average molecular weight is 414 g/mol. The fourth-order valence-electron chi connectivity index (χ4n) is 3.90. The number of hydrogen-bond acceptors (Lipinski definition) is 4. The highest BCUT2D eigenvalue weighted by molar-refractivity contribution is 7.09.